The number of rotatable bonds is 11. The van der Waals surface area contributed by atoms with Gasteiger partial charge in [0.25, 0.3) is 0 Å². The minimum absolute atomic E-state index is 0.0257. The molecule has 0 unspecified atom stereocenters. The molecule has 4 aromatic carbocycles. The third-order valence-electron chi connectivity index (χ3n) is 8.55. The van der Waals surface area contributed by atoms with Crippen molar-refractivity contribution < 1.29 is 24.1 Å². The van der Waals surface area contributed by atoms with Crippen LogP contribution in [0.3, 0.4) is 0 Å². The first-order valence-electron chi connectivity index (χ1n) is 16.1. The molecule has 6 nitrogen and oxygen atoms in total. The molecule has 0 aliphatic heterocycles. The van der Waals surface area contributed by atoms with Crippen molar-refractivity contribution in [3.8, 4) is 11.3 Å². The van der Waals surface area contributed by atoms with Crippen LogP contribution in [-0.4, -0.2) is 31.9 Å². The molecule has 2 heterocycles. The summed E-state index contributed by atoms with van der Waals surface area (Å²) in [5.41, 5.74) is 3.58. The molecule has 49 heavy (non-hydrogen) atoms. The van der Waals surface area contributed by atoms with Crippen molar-refractivity contribution in [3.05, 3.63) is 172 Å². The van der Waals surface area contributed by atoms with Gasteiger partial charge < -0.3 is 14.9 Å². The molecule has 2 atom stereocenters. The van der Waals surface area contributed by atoms with E-state index in [4.69, 9.17) is 21.4 Å². The number of aliphatic hydroxyl groups is 2. The molecule has 6 aromatic rings. The average Bonchev–Trinajstić information content (AvgIpc) is 3.49. The Bertz CT molecular complexity index is 2020. The lowest BCUT2D eigenvalue weighted by Gasteiger charge is -2.37. The van der Waals surface area contributed by atoms with Crippen LogP contribution in [0.25, 0.3) is 22.9 Å². The second kappa shape index (κ2) is 14.6. The third-order valence-corrected chi connectivity index (χ3v) is 8.83. The summed E-state index contributed by atoms with van der Waals surface area (Å²) < 4.78 is 21.6. The van der Waals surface area contributed by atoms with Crippen LogP contribution >= 0.6 is 11.6 Å². The van der Waals surface area contributed by atoms with Gasteiger partial charge >= 0.3 is 5.97 Å². The highest BCUT2D eigenvalue weighted by Gasteiger charge is 2.44. The van der Waals surface area contributed by atoms with Crippen LogP contribution in [0.1, 0.15) is 60.1 Å². The third kappa shape index (κ3) is 7.06. The molecular formula is C41H36ClFN2O4. The van der Waals surface area contributed by atoms with E-state index >= 15 is 0 Å². The molecule has 248 valence electrons. The number of carbonyl (C=O) groups excluding carboxylic acids is 1. The van der Waals surface area contributed by atoms with E-state index in [1.165, 1.54) is 18.2 Å². The quantitative estimate of drug-likeness (QED) is 0.134. The lowest BCUT2D eigenvalue weighted by Crippen LogP contribution is -2.38. The van der Waals surface area contributed by atoms with Gasteiger partial charge in [-0.3, -0.25) is 4.79 Å². The van der Waals surface area contributed by atoms with Crippen LogP contribution in [0, 0.1) is 5.82 Å². The highest BCUT2D eigenvalue weighted by Crippen LogP contribution is 2.43. The van der Waals surface area contributed by atoms with Gasteiger partial charge in [0.05, 0.1) is 23.7 Å². The number of ether oxygens (including phenoxy) is 1. The molecule has 0 aliphatic rings. The maximum Gasteiger partial charge on any atom is 0.309 e. The summed E-state index contributed by atoms with van der Waals surface area (Å²) in [4.78, 5) is 13.6. The van der Waals surface area contributed by atoms with Crippen molar-refractivity contribution in [1.29, 1.82) is 0 Å². The molecule has 2 N–H and O–H groups in total. The Hall–Kier alpha value is -5.08. The fourth-order valence-corrected chi connectivity index (χ4v) is 6.42. The average molecular weight is 675 g/mol. The van der Waals surface area contributed by atoms with E-state index < -0.39 is 23.8 Å². The lowest BCUT2D eigenvalue weighted by atomic mass is 9.79. The summed E-state index contributed by atoms with van der Waals surface area (Å²) in [5.74, 6) is -1.05. The van der Waals surface area contributed by atoms with Gasteiger partial charge in [0.15, 0.2) is 11.7 Å². The van der Waals surface area contributed by atoms with Gasteiger partial charge in [-0.2, -0.15) is 5.10 Å². The molecule has 0 aliphatic carbocycles. The normalized spacial score (nSPS) is 13.2. The van der Waals surface area contributed by atoms with E-state index in [1.54, 1.807) is 65.2 Å². The standard InChI is InChI=1S/C41H36ClFN2O4/c1-27(2)38-34(39(28-18-20-32(43)21-19-28)44-45-35(38)24-25-36(45)42)23-22-33(46)26-37(47)49-40(29-12-6-3-7-13-29)41(48,30-14-8-4-9-15-30)31-16-10-5-11-17-31/h3-25,27,33,40,46,48H,26H2,1-2H3/b23-22+/t33-,40+/m1/s1. The van der Waals surface area contributed by atoms with Crippen molar-refractivity contribution in [2.75, 3.05) is 0 Å². The number of nitrogens with zero attached hydrogens (tertiary/aromatic N) is 2. The molecule has 0 amide bonds. The Kier molecular flexibility index (Phi) is 10.1. The summed E-state index contributed by atoms with van der Waals surface area (Å²) in [6.45, 7) is 4.08. The number of hydrogen-bond donors (Lipinski definition) is 2. The first kappa shape index (κ1) is 33.8. The maximum atomic E-state index is 13.9. The first-order valence-corrected chi connectivity index (χ1v) is 16.5. The molecule has 0 spiro atoms. The summed E-state index contributed by atoms with van der Waals surface area (Å²) in [6.07, 6.45) is 0.508. The maximum absolute atomic E-state index is 13.9. The molecule has 8 heteroatoms. The number of benzene rings is 4. The number of hydrogen-bond acceptors (Lipinski definition) is 5. The van der Waals surface area contributed by atoms with Crippen molar-refractivity contribution in [1.82, 2.24) is 9.61 Å². The molecule has 0 bridgehead atoms. The Morgan fingerprint density at radius 2 is 1.45 bits per heavy atom. The fourth-order valence-electron chi connectivity index (χ4n) is 6.23. The van der Waals surface area contributed by atoms with Crippen LogP contribution in [0.4, 0.5) is 4.39 Å². The summed E-state index contributed by atoms with van der Waals surface area (Å²) in [7, 11) is 0. The van der Waals surface area contributed by atoms with E-state index in [0.717, 1.165) is 11.1 Å². The van der Waals surface area contributed by atoms with Crippen molar-refractivity contribution >= 4 is 29.2 Å². The second-order valence-corrected chi connectivity index (χ2v) is 12.6. The van der Waals surface area contributed by atoms with Gasteiger partial charge in [-0.25, -0.2) is 8.91 Å². The molecule has 6 rings (SSSR count). The van der Waals surface area contributed by atoms with Crippen LogP contribution in [0.2, 0.25) is 5.15 Å². The predicted molar refractivity (Wildman–Crippen MR) is 191 cm³/mol. The summed E-state index contributed by atoms with van der Waals surface area (Å²) in [6, 6.07) is 36.9. The van der Waals surface area contributed by atoms with E-state index in [2.05, 4.69) is 0 Å². The topological polar surface area (TPSA) is 84.1 Å². The molecular weight excluding hydrogens is 639 g/mol. The first-order chi connectivity index (χ1) is 23.7. The van der Waals surface area contributed by atoms with Gasteiger partial charge in [0, 0.05) is 11.1 Å². The molecule has 2 aromatic heterocycles. The number of fused-ring (bicyclic) bond motifs is 1. The zero-order valence-electron chi connectivity index (χ0n) is 27.1. The Morgan fingerprint density at radius 3 is 2.02 bits per heavy atom. The second-order valence-electron chi connectivity index (χ2n) is 12.2. The smallest absolute Gasteiger partial charge is 0.309 e. The van der Waals surface area contributed by atoms with Crippen LogP contribution in [0.5, 0.6) is 0 Å². The van der Waals surface area contributed by atoms with Gasteiger partial charge in [0.2, 0.25) is 0 Å². The van der Waals surface area contributed by atoms with Gasteiger partial charge in [-0.15, -0.1) is 0 Å². The monoisotopic (exact) mass is 674 g/mol. The lowest BCUT2D eigenvalue weighted by molar-refractivity contribution is -0.165. The number of aromatic nitrogens is 2. The predicted octanol–water partition coefficient (Wildman–Crippen LogP) is 8.90. The Labute approximate surface area is 289 Å². The zero-order chi connectivity index (χ0) is 34.5. The van der Waals surface area contributed by atoms with Gasteiger partial charge in [-0.1, -0.05) is 129 Å². The molecule has 0 saturated heterocycles. The highest BCUT2D eigenvalue weighted by molar-refractivity contribution is 6.30. The van der Waals surface area contributed by atoms with E-state index in [0.29, 0.717) is 38.7 Å². The highest BCUT2D eigenvalue weighted by atomic mass is 35.5. The van der Waals surface area contributed by atoms with Crippen LogP contribution in [0.15, 0.2) is 133 Å². The molecule has 0 radical (unpaired) electrons. The Balaban J connectivity index is 1.34. The number of aliphatic hydroxyl groups excluding tert-OH is 1. The van der Waals surface area contributed by atoms with E-state index in [-0.39, 0.29) is 18.2 Å². The Morgan fingerprint density at radius 1 is 0.878 bits per heavy atom. The zero-order valence-corrected chi connectivity index (χ0v) is 27.8. The largest absolute Gasteiger partial charge is 0.454 e. The number of carbonyl (C=O) groups is 1. The van der Waals surface area contributed by atoms with Gasteiger partial charge in [-0.05, 0) is 64.6 Å². The number of esters is 1. The molecule has 0 fully saturated rings. The summed E-state index contributed by atoms with van der Waals surface area (Å²) >= 11 is 6.48. The van der Waals surface area contributed by atoms with Crippen molar-refractivity contribution in [2.24, 2.45) is 0 Å². The summed E-state index contributed by atoms with van der Waals surface area (Å²) in [5, 5.41) is 28.9. The molecule has 0 saturated carbocycles. The fraction of sp³-hybridized carbons (Fsp3) is 0.171. The van der Waals surface area contributed by atoms with Crippen molar-refractivity contribution in [3.63, 3.8) is 0 Å². The van der Waals surface area contributed by atoms with Crippen molar-refractivity contribution in [2.45, 2.75) is 44.0 Å². The minimum Gasteiger partial charge on any atom is -0.454 e. The van der Waals surface area contributed by atoms with E-state index in [9.17, 15) is 19.4 Å². The van der Waals surface area contributed by atoms with E-state index in [1.807, 2.05) is 74.5 Å². The number of halogens is 2. The SMILES string of the molecule is CC(C)c1c(/C=C/[C@@H](O)CC(=O)O[C@@H](c2ccccc2)C(O)(c2ccccc2)c2ccccc2)c(-c2ccc(F)cc2)nn2c(Cl)ccc12. The van der Waals surface area contributed by atoms with Crippen LogP contribution < -0.4 is 0 Å². The van der Waals surface area contributed by atoms with Gasteiger partial charge in [0.1, 0.15) is 11.0 Å². The van der Waals surface area contributed by atoms with Crippen LogP contribution in [-0.2, 0) is 15.1 Å². The minimum atomic E-state index is -1.74.